The zero-order valence-corrected chi connectivity index (χ0v) is 11.8. The molecule has 6 nitrogen and oxygen atoms in total. The van der Waals surface area contributed by atoms with Gasteiger partial charge < -0.3 is 9.47 Å². The van der Waals surface area contributed by atoms with Crippen molar-refractivity contribution in [3.05, 3.63) is 40.3 Å². The van der Waals surface area contributed by atoms with Crippen molar-refractivity contribution in [2.45, 2.75) is 13.5 Å². The van der Waals surface area contributed by atoms with Crippen molar-refractivity contribution in [1.82, 2.24) is 10.4 Å². The Hall–Kier alpha value is -2.12. The van der Waals surface area contributed by atoms with Crippen molar-refractivity contribution in [2.75, 3.05) is 6.61 Å². The molecule has 0 saturated heterocycles. The number of amides is 1. The first-order valence-corrected chi connectivity index (χ1v) is 6.92. The molecule has 1 amide bonds. The Morgan fingerprint density at radius 1 is 1.35 bits per heavy atom. The molecule has 1 heterocycles. The van der Waals surface area contributed by atoms with Crippen LogP contribution in [0.25, 0.3) is 0 Å². The largest absolute Gasteiger partial charge is 0.490 e. The first-order chi connectivity index (χ1) is 9.74. The van der Waals surface area contributed by atoms with Crippen molar-refractivity contribution >= 4 is 17.2 Å². The van der Waals surface area contributed by atoms with E-state index in [1.807, 2.05) is 36.6 Å². The van der Waals surface area contributed by atoms with Crippen LogP contribution in [0.3, 0.4) is 0 Å². The summed E-state index contributed by atoms with van der Waals surface area (Å²) in [5, 5.41) is 2.07. The van der Waals surface area contributed by atoms with E-state index in [1.165, 1.54) is 11.3 Å². The van der Waals surface area contributed by atoms with Gasteiger partial charge in [0.2, 0.25) is 0 Å². The number of carbonyl (C=O) groups excluding carboxylic acids is 1. The molecule has 0 bridgehead atoms. The van der Waals surface area contributed by atoms with Gasteiger partial charge in [0.25, 0.3) is 5.91 Å². The smallest absolute Gasteiger partial charge is 0.294 e. The molecular formula is C13H15N3O3S. The molecular weight excluding hydrogens is 278 g/mol. The van der Waals surface area contributed by atoms with Crippen LogP contribution in [0.2, 0.25) is 0 Å². The lowest BCUT2D eigenvalue weighted by Gasteiger charge is -2.10. The maximum atomic E-state index is 11.3. The summed E-state index contributed by atoms with van der Waals surface area (Å²) in [5.41, 5.74) is 2.71. The fourth-order valence-electron chi connectivity index (χ4n) is 1.54. The van der Waals surface area contributed by atoms with Crippen molar-refractivity contribution < 1.29 is 14.3 Å². The maximum Gasteiger partial charge on any atom is 0.294 e. The lowest BCUT2D eigenvalue weighted by Crippen LogP contribution is -2.29. The minimum absolute atomic E-state index is 0.262. The third-order valence-electron chi connectivity index (χ3n) is 2.40. The van der Waals surface area contributed by atoms with E-state index in [2.05, 4.69) is 4.98 Å². The van der Waals surface area contributed by atoms with Crippen molar-refractivity contribution in [1.29, 1.82) is 0 Å². The third-order valence-corrected chi connectivity index (χ3v) is 3.29. The monoisotopic (exact) mass is 293 g/mol. The van der Waals surface area contributed by atoms with Crippen molar-refractivity contribution in [3.8, 4) is 11.5 Å². The van der Waals surface area contributed by atoms with Crippen LogP contribution in [-0.2, 0) is 6.61 Å². The summed E-state index contributed by atoms with van der Waals surface area (Å²) in [6, 6.07) is 7.41. The van der Waals surface area contributed by atoms with Crippen LogP contribution in [0.15, 0.2) is 29.6 Å². The van der Waals surface area contributed by atoms with Gasteiger partial charge in [-0.3, -0.25) is 10.2 Å². The van der Waals surface area contributed by atoms with Gasteiger partial charge in [0.1, 0.15) is 6.61 Å². The second-order valence-electron chi connectivity index (χ2n) is 3.79. The highest BCUT2D eigenvalue weighted by atomic mass is 32.1. The van der Waals surface area contributed by atoms with E-state index in [4.69, 9.17) is 15.3 Å². The Bertz CT molecular complexity index is 586. The SMILES string of the molecule is CCOc1ccccc1OCc1csc(C(=O)NN)n1. The molecule has 0 unspecified atom stereocenters. The molecule has 1 aromatic carbocycles. The van der Waals surface area contributed by atoms with E-state index >= 15 is 0 Å². The van der Waals surface area contributed by atoms with Gasteiger partial charge in [-0.1, -0.05) is 12.1 Å². The standard InChI is InChI=1S/C13H15N3O3S/c1-2-18-10-5-3-4-6-11(10)19-7-9-8-20-13(15-9)12(17)16-14/h3-6,8H,2,7,14H2,1H3,(H,16,17). The van der Waals surface area contributed by atoms with Gasteiger partial charge in [0.05, 0.1) is 12.3 Å². The number of benzene rings is 1. The summed E-state index contributed by atoms with van der Waals surface area (Å²) >= 11 is 1.22. The molecule has 0 saturated carbocycles. The highest BCUT2D eigenvalue weighted by molar-refractivity contribution is 7.11. The van der Waals surface area contributed by atoms with Gasteiger partial charge in [-0.05, 0) is 19.1 Å². The van der Waals surface area contributed by atoms with Gasteiger partial charge in [-0.25, -0.2) is 10.8 Å². The summed E-state index contributed by atoms with van der Waals surface area (Å²) in [6.45, 7) is 2.74. The number of nitrogens with two attached hydrogens (primary N) is 1. The van der Waals surface area contributed by atoms with E-state index in [1.54, 1.807) is 5.38 Å². The lowest BCUT2D eigenvalue weighted by molar-refractivity contribution is 0.0953. The van der Waals surface area contributed by atoms with E-state index in [0.717, 1.165) is 0 Å². The number of hydrogen-bond acceptors (Lipinski definition) is 6. The van der Waals surface area contributed by atoms with Crippen LogP contribution >= 0.6 is 11.3 Å². The minimum Gasteiger partial charge on any atom is -0.490 e. The number of aromatic nitrogens is 1. The quantitative estimate of drug-likeness (QED) is 0.481. The molecule has 20 heavy (non-hydrogen) atoms. The van der Waals surface area contributed by atoms with Crippen LogP contribution in [0.5, 0.6) is 11.5 Å². The number of nitrogens with one attached hydrogen (secondary N) is 1. The molecule has 0 aliphatic rings. The fraction of sp³-hybridized carbons (Fsp3) is 0.231. The summed E-state index contributed by atoms with van der Waals surface area (Å²) < 4.78 is 11.1. The van der Waals surface area contributed by atoms with E-state index in [-0.39, 0.29) is 6.61 Å². The predicted molar refractivity (Wildman–Crippen MR) is 75.7 cm³/mol. The number of nitrogens with zero attached hydrogens (tertiary/aromatic N) is 1. The molecule has 0 radical (unpaired) electrons. The first-order valence-electron chi connectivity index (χ1n) is 6.04. The van der Waals surface area contributed by atoms with Crippen LogP contribution in [-0.4, -0.2) is 17.5 Å². The molecule has 0 aliphatic carbocycles. The molecule has 2 rings (SSSR count). The summed E-state index contributed by atoms with van der Waals surface area (Å²) in [7, 11) is 0. The number of hydrogen-bond donors (Lipinski definition) is 2. The number of carbonyl (C=O) groups is 1. The number of para-hydroxylation sites is 2. The molecule has 2 aromatic rings. The predicted octanol–water partition coefficient (Wildman–Crippen LogP) is 1.72. The van der Waals surface area contributed by atoms with Crippen LogP contribution in [0.1, 0.15) is 22.4 Å². The molecule has 7 heteroatoms. The lowest BCUT2D eigenvalue weighted by atomic mass is 10.3. The molecule has 0 aliphatic heterocycles. The fourth-order valence-corrected chi connectivity index (χ4v) is 2.24. The topological polar surface area (TPSA) is 86.5 Å². The number of nitrogen functional groups attached to an aromatic ring is 1. The van der Waals surface area contributed by atoms with Crippen LogP contribution in [0.4, 0.5) is 0 Å². The Labute approximate surface area is 120 Å². The molecule has 0 fully saturated rings. The Balaban J connectivity index is 2.02. The average molecular weight is 293 g/mol. The van der Waals surface area contributed by atoms with Crippen LogP contribution in [0, 0.1) is 0 Å². The average Bonchev–Trinajstić information content (AvgIpc) is 2.95. The highest BCUT2D eigenvalue weighted by Crippen LogP contribution is 2.27. The van der Waals surface area contributed by atoms with Gasteiger partial charge in [0, 0.05) is 5.38 Å². The second-order valence-corrected chi connectivity index (χ2v) is 4.64. The normalized spacial score (nSPS) is 10.1. The molecule has 0 atom stereocenters. The summed E-state index contributed by atoms with van der Waals surface area (Å²) in [4.78, 5) is 15.4. The van der Waals surface area contributed by atoms with Crippen LogP contribution < -0.4 is 20.7 Å². The molecule has 106 valence electrons. The summed E-state index contributed by atoms with van der Waals surface area (Å²) in [6.07, 6.45) is 0. The van der Waals surface area contributed by atoms with Crippen molar-refractivity contribution in [2.24, 2.45) is 5.84 Å². The second kappa shape index (κ2) is 6.88. The number of hydrazine groups is 1. The molecule has 3 N–H and O–H groups in total. The Morgan fingerprint density at radius 3 is 2.70 bits per heavy atom. The van der Waals surface area contributed by atoms with E-state index in [9.17, 15) is 4.79 Å². The van der Waals surface area contributed by atoms with Gasteiger partial charge in [0.15, 0.2) is 16.5 Å². The van der Waals surface area contributed by atoms with E-state index in [0.29, 0.717) is 28.8 Å². The number of rotatable bonds is 6. The van der Waals surface area contributed by atoms with Gasteiger partial charge >= 0.3 is 0 Å². The highest BCUT2D eigenvalue weighted by Gasteiger charge is 2.10. The first kappa shape index (κ1) is 14.3. The zero-order valence-electron chi connectivity index (χ0n) is 11.0. The Morgan fingerprint density at radius 2 is 2.05 bits per heavy atom. The number of ether oxygens (including phenoxy) is 2. The summed E-state index contributed by atoms with van der Waals surface area (Å²) in [5.74, 6) is 5.98. The molecule has 1 aromatic heterocycles. The van der Waals surface area contributed by atoms with Crippen molar-refractivity contribution in [3.63, 3.8) is 0 Å². The van der Waals surface area contributed by atoms with E-state index < -0.39 is 5.91 Å². The Kier molecular flexibility index (Phi) is 4.91. The van der Waals surface area contributed by atoms with Gasteiger partial charge in [-0.2, -0.15) is 0 Å². The van der Waals surface area contributed by atoms with Gasteiger partial charge in [-0.15, -0.1) is 11.3 Å². The third kappa shape index (κ3) is 3.46. The number of thiazole rings is 1. The molecule has 0 spiro atoms. The zero-order chi connectivity index (χ0) is 14.4. The maximum absolute atomic E-state index is 11.3. The minimum atomic E-state index is -0.407.